The maximum absolute atomic E-state index is 14.1. The molecular weight excluding hydrogens is 614 g/mol. The van der Waals surface area contributed by atoms with Crippen LogP contribution in [0.1, 0.15) is 48.6 Å². The van der Waals surface area contributed by atoms with Crippen molar-refractivity contribution in [2.24, 2.45) is 11.0 Å². The van der Waals surface area contributed by atoms with Crippen LogP contribution in [-0.4, -0.2) is 54.3 Å². The zero-order valence-electron chi connectivity index (χ0n) is 26.3. The number of hydrazone groups is 1. The van der Waals surface area contributed by atoms with Crippen LogP contribution >= 0.6 is 0 Å². The van der Waals surface area contributed by atoms with Crippen LogP contribution in [-0.2, 0) is 34.7 Å². The highest BCUT2D eigenvalue weighted by molar-refractivity contribution is 6.09. The Labute approximate surface area is 276 Å². The number of non-ortho nitro benzene ring substituents is 1. The van der Waals surface area contributed by atoms with Crippen LogP contribution in [0.3, 0.4) is 0 Å². The number of fused-ring (bicyclic) bond motifs is 1. The van der Waals surface area contributed by atoms with E-state index in [1.54, 1.807) is 42.1 Å². The van der Waals surface area contributed by atoms with E-state index in [1.165, 1.54) is 28.1 Å². The standard InChI is InChI=1S/C35H35N7O6/c1-24(8-5-6-18-39-23-27(17-19-43)36-38-39)35(46)30-21-29(42(47)48)13-15-32(30)40(34(35)45)22-25-9-7-12-28(20-25)41-33(44)16-14-31(37-41)26-10-3-2-4-11-26/h2-5,7-13,15,20-21,23-24,43,46H,6,14,16-19,22H2,1H3/b8-5+/t24-,35+/m0/s1. The number of aryl methyl sites for hydroxylation is 1. The number of benzene rings is 3. The van der Waals surface area contributed by atoms with E-state index in [9.17, 15) is 24.8 Å². The van der Waals surface area contributed by atoms with E-state index in [4.69, 9.17) is 5.11 Å². The van der Waals surface area contributed by atoms with Crippen LogP contribution in [0.15, 0.2) is 96.2 Å². The molecule has 2 aliphatic heterocycles. The number of aliphatic hydroxyl groups is 2. The number of amides is 2. The number of rotatable bonds is 12. The minimum Gasteiger partial charge on any atom is -0.396 e. The Balaban J connectivity index is 1.25. The fraction of sp³-hybridized carbons (Fsp3) is 0.286. The Hall–Kier alpha value is -5.53. The van der Waals surface area contributed by atoms with Gasteiger partial charge in [0.05, 0.1) is 34.2 Å². The number of aliphatic hydroxyl groups excluding tert-OH is 1. The molecule has 3 heterocycles. The highest BCUT2D eigenvalue weighted by Gasteiger charge is 2.53. The van der Waals surface area contributed by atoms with Gasteiger partial charge in [-0.3, -0.25) is 24.4 Å². The van der Waals surface area contributed by atoms with Crippen molar-refractivity contribution < 1.29 is 24.7 Å². The van der Waals surface area contributed by atoms with E-state index in [1.807, 2.05) is 42.5 Å². The summed E-state index contributed by atoms with van der Waals surface area (Å²) in [6, 6.07) is 20.9. The lowest BCUT2D eigenvalue weighted by Gasteiger charge is -2.28. The Morgan fingerprint density at radius 2 is 1.88 bits per heavy atom. The molecule has 0 fully saturated rings. The van der Waals surface area contributed by atoms with Gasteiger partial charge in [-0.25, -0.2) is 5.01 Å². The normalized spacial score (nSPS) is 18.4. The molecule has 13 heteroatoms. The second-order valence-electron chi connectivity index (χ2n) is 11.9. The third-order valence-corrected chi connectivity index (χ3v) is 8.66. The molecule has 0 saturated carbocycles. The Bertz CT molecular complexity index is 1910. The number of anilines is 2. The lowest BCUT2D eigenvalue weighted by Crippen LogP contribution is -2.44. The smallest absolute Gasteiger partial charge is 0.269 e. The first kappa shape index (κ1) is 32.4. The minimum atomic E-state index is -2.06. The van der Waals surface area contributed by atoms with Crippen molar-refractivity contribution in [3.8, 4) is 0 Å². The molecule has 0 saturated heterocycles. The summed E-state index contributed by atoms with van der Waals surface area (Å²) in [5.41, 5.74) is 1.87. The van der Waals surface area contributed by atoms with E-state index >= 15 is 0 Å². The molecule has 6 rings (SSSR count). The number of hydrogen-bond donors (Lipinski definition) is 2. The summed E-state index contributed by atoms with van der Waals surface area (Å²) in [6.07, 6.45) is 7.07. The SMILES string of the molecule is C[C@@H](/C=C/CCn1cc(CCO)nn1)[C@]1(O)C(=O)N(Cc2cccc(N3N=C(c4ccccc4)CCC3=O)c2)c2ccc([N+](=O)[O-])cc21. The van der Waals surface area contributed by atoms with Gasteiger partial charge in [-0.15, -0.1) is 5.10 Å². The van der Waals surface area contributed by atoms with E-state index in [2.05, 4.69) is 15.4 Å². The number of nitro benzene ring substituents is 1. The quantitative estimate of drug-likeness (QED) is 0.130. The Morgan fingerprint density at radius 3 is 2.65 bits per heavy atom. The lowest BCUT2D eigenvalue weighted by atomic mass is 9.82. The molecule has 3 aromatic carbocycles. The molecule has 246 valence electrons. The van der Waals surface area contributed by atoms with Gasteiger partial charge in [0.15, 0.2) is 5.60 Å². The number of nitro groups is 1. The molecule has 1 aromatic heterocycles. The molecule has 0 bridgehead atoms. The van der Waals surface area contributed by atoms with Gasteiger partial charge in [0.25, 0.3) is 11.6 Å². The summed E-state index contributed by atoms with van der Waals surface area (Å²) >= 11 is 0. The van der Waals surface area contributed by atoms with Crippen LogP contribution in [0.25, 0.3) is 0 Å². The van der Waals surface area contributed by atoms with Crippen molar-refractivity contribution >= 4 is 34.6 Å². The van der Waals surface area contributed by atoms with Crippen LogP contribution in [0, 0.1) is 16.0 Å². The molecular formula is C35H35N7O6. The molecule has 2 atom stereocenters. The monoisotopic (exact) mass is 649 g/mol. The highest BCUT2D eigenvalue weighted by atomic mass is 16.6. The molecule has 0 radical (unpaired) electrons. The van der Waals surface area contributed by atoms with E-state index in [0.717, 1.165) is 11.3 Å². The van der Waals surface area contributed by atoms with Crippen LogP contribution in [0.4, 0.5) is 17.1 Å². The average molecular weight is 650 g/mol. The molecule has 2 aliphatic rings. The Morgan fingerprint density at radius 1 is 1.06 bits per heavy atom. The van der Waals surface area contributed by atoms with Crippen molar-refractivity contribution in [1.29, 1.82) is 0 Å². The fourth-order valence-electron chi connectivity index (χ4n) is 6.09. The number of carbonyl (C=O) groups excluding carboxylic acids is 2. The number of aromatic nitrogens is 3. The number of nitrogens with zero attached hydrogens (tertiary/aromatic N) is 7. The molecule has 0 spiro atoms. The molecule has 13 nitrogen and oxygen atoms in total. The van der Waals surface area contributed by atoms with Crippen molar-refractivity contribution in [3.63, 3.8) is 0 Å². The third kappa shape index (κ3) is 6.37. The van der Waals surface area contributed by atoms with Gasteiger partial charge >= 0.3 is 0 Å². The minimum absolute atomic E-state index is 0.0208. The molecule has 0 unspecified atom stereocenters. The van der Waals surface area contributed by atoms with Crippen molar-refractivity contribution in [2.75, 3.05) is 16.5 Å². The second-order valence-corrected chi connectivity index (χ2v) is 11.9. The first-order valence-electron chi connectivity index (χ1n) is 15.7. The maximum atomic E-state index is 14.1. The summed E-state index contributed by atoms with van der Waals surface area (Å²) in [7, 11) is 0. The van der Waals surface area contributed by atoms with Gasteiger partial charge in [0.1, 0.15) is 0 Å². The van der Waals surface area contributed by atoms with Crippen molar-refractivity contribution in [3.05, 3.63) is 124 Å². The predicted molar refractivity (Wildman–Crippen MR) is 178 cm³/mol. The van der Waals surface area contributed by atoms with Gasteiger partial charge < -0.3 is 15.1 Å². The largest absolute Gasteiger partial charge is 0.396 e. The van der Waals surface area contributed by atoms with Gasteiger partial charge in [0.2, 0.25) is 5.91 Å². The van der Waals surface area contributed by atoms with E-state index < -0.39 is 22.3 Å². The second kappa shape index (κ2) is 13.7. The van der Waals surface area contributed by atoms with E-state index in [0.29, 0.717) is 54.9 Å². The predicted octanol–water partition coefficient (Wildman–Crippen LogP) is 4.27. The first-order chi connectivity index (χ1) is 23.2. The van der Waals surface area contributed by atoms with Gasteiger partial charge in [-0.2, -0.15) is 5.10 Å². The Kier molecular flexibility index (Phi) is 9.24. The maximum Gasteiger partial charge on any atom is 0.269 e. The topological polar surface area (TPSA) is 167 Å². The van der Waals surface area contributed by atoms with Crippen molar-refractivity contribution in [2.45, 2.75) is 51.3 Å². The van der Waals surface area contributed by atoms with E-state index in [-0.39, 0.29) is 30.3 Å². The molecule has 4 aromatic rings. The zero-order valence-corrected chi connectivity index (χ0v) is 26.3. The van der Waals surface area contributed by atoms with Crippen LogP contribution in [0.2, 0.25) is 0 Å². The number of hydrogen-bond acceptors (Lipinski definition) is 9. The molecule has 48 heavy (non-hydrogen) atoms. The first-order valence-corrected chi connectivity index (χ1v) is 15.7. The number of allylic oxidation sites excluding steroid dienone is 1. The summed E-state index contributed by atoms with van der Waals surface area (Å²) in [4.78, 5) is 39.6. The van der Waals surface area contributed by atoms with Crippen molar-refractivity contribution in [1.82, 2.24) is 15.0 Å². The summed E-state index contributed by atoms with van der Waals surface area (Å²) in [5, 5.41) is 46.9. The molecule has 0 aliphatic carbocycles. The third-order valence-electron chi connectivity index (χ3n) is 8.66. The lowest BCUT2D eigenvalue weighted by molar-refractivity contribution is -0.385. The van der Waals surface area contributed by atoms with Gasteiger partial charge in [-0.05, 0) is 35.7 Å². The summed E-state index contributed by atoms with van der Waals surface area (Å²) in [5.74, 6) is -1.49. The summed E-state index contributed by atoms with van der Waals surface area (Å²) < 4.78 is 1.65. The average Bonchev–Trinajstić information content (AvgIpc) is 3.63. The van der Waals surface area contributed by atoms with Gasteiger partial charge in [-0.1, -0.05) is 66.8 Å². The van der Waals surface area contributed by atoms with Gasteiger partial charge in [0, 0.05) is 62.2 Å². The number of carbonyl (C=O) groups is 2. The fourth-order valence-corrected chi connectivity index (χ4v) is 6.09. The van der Waals surface area contributed by atoms with Crippen LogP contribution < -0.4 is 9.91 Å². The molecule has 2 amide bonds. The highest BCUT2D eigenvalue weighted by Crippen LogP contribution is 2.47. The zero-order chi connectivity index (χ0) is 33.8. The van der Waals surface area contributed by atoms with Crippen LogP contribution in [0.5, 0.6) is 0 Å². The molecule has 2 N–H and O–H groups in total. The summed E-state index contributed by atoms with van der Waals surface area (Å²) in [6.45, 7) is 2.22.